The highest BCUT2D eigenvalue weighted by molar-refractivity contribution is 8.00. The number of likely N-dealkylation sites (N-methyl/N-ethyl adjacent to an activating group) is 1. The quantitative estimate of drug-likeness (QED) is 0.751. The number of amides is 2. The van der Waals surface area contributed by atoms with E-state index in [0.717, 1.165) is 5.56 Å². The molecule has 0 saturated carbocycles. The third-order valence-corrected chi connectivity index (χ3v) is 5.51. The molecule has 26 heavy (non-hydrogen) atoms. The molecule has 1 fully saturated rings. The fourth-order valence-electron chi connectivity index (χ4n) is 3.12. The molecule has 1 aromatic rings. The Kier molecular flexibility index (Phi) is 7.20. The Morgan fingerprint density at radius 1 is 1.31 bits per heavy atom. The molecule has 1 aliphatic heterocycles. The van der Waals surface area contributed by atoms with Crippen LogP contribution in [0.15, 0.2) is 18.2 Å². The van der Waals surface area contributed by atoms with Gasteiger partial charge in [0.25, 0.3) is 0 Å². The number of ether oxygens (including phenoxy) is 2. The molecule has 0 bridgehead atoms. The second kappa shape index (κ2) is 9.16. The van der Waals surface area contributed by atoms with Crippen molar-refractivity contribution in [2.45, 2.75) is 38.6 Å². The zero-order valence-corrected chi connectivity index (χ0v) is 16.9. The number of hydrogen-bond donors (Lipinski definition) is 1. The van der Waals surface area contributed by atoms with E-state index in [4.69, 9.17) is 9.47 Å². The summed E-state index contributed by atoms with van der Waals surface area (Å²) in [6, 6.07) is 5.16. The summed E-state index contributed by atoms with van der Waals surface area (Å²) in [6.07, 6.45) is 0.627. The van der Waals surface area contributed by atoms with Crippen LogP contribution in [-0.4, -0.2) is 49.3 Å². The van der Waals surface area contributed by atoms with Crippen molar-refractivity contribution >= 4 is 23.6 Å². The molecule has 144 valence electrons. The molecule has 6 nitrogen and oxygen atoms in total. The highest BCUT2D eigenvalue weighted by Crippen LogP contribution is 2.43. The lowest BCUT2D eigenvalue weighted by Gasteiger charge is -2.33. The molecule has 2 rings (SSSR count). The van der Waals surface area contributed by atoms with Gasteiger partial charge in [0.2, 0.25) is 11.8 Å². The van der Waals surface area contributed by atoms with Crippen LogP contribution in [0.1, 0.15) is 38.1 Å². The highest BCUT2D eigenvalue weighted by atomic mass is 32.2. The zero-order valence-electron chi connectivity index (χ0n) is 16.1. The number of nitrogens with one attached hydrogen (secondary N) is 1. The molecule has 1 heterocycles. The molecular weight excluding hydrogens is 352 g/mol. The van der Waals surface area contributed by atoms with Gasteiger partial charge in [-0.15, -0.1) is 11.8 Å². The average Bonchev–Trinajstić information content (AvgIpc) is 3.00. The van der Waals surface area contributed by atoms with Gasteiger partial charge in [-0.2, -0.15) is 0 Å². The first-order valence-electron chi connectivity index (χ1n) is 8.85. The van der Waals surface area contributed by atoms with Crippen LogP contribution in [0.25, 0.3) is 0 Å². The van der Waals surface area contributed by atoms with Crippen molar-refractivity contribution in [1.29, 1.82) is 0 Å². The highest BCUT2D eigenvalue weighted by Gasteiger charge is 2.41. The fraction of sp³-hybridized carbons (Fsp3) is 0.579. The van der Waals surface area contributed by atoms with Gasteiger partial charge in [0.1, 0.15) is 11.4 Å². The third kappa shape index (κ3) is 4.44. The lowest BCUT2D eigenvalue weighted by molar-refractivity contribution is -0.139. The Morgan fingerprint density at radius 3 is 2.58 bits per heavy atom. The number of hydrogen-bond acceptors (Lipinski definition) is 5. The SMILES string of the molecule is CCNC(=O)[C@@H](CC(C)C)N1C(=O)CS[C@@H]1c1ccc(OC)c(OC)c1. The number of thioether (sulfide) groups is 1. The van der Waals surface area contributed by atoms with Crippen LogP contribution < -0.4 is 14.8 Å². The third-order valence-electron chi connectivity index (χ3n) is 4.28. The van der Waals surface area contributed by atoms with Gasteiger partial charge in [-0.25, -0.2) is 0 Å². The van der Waals surface area contributed by atoms with Crippen molar-refractivity contribution in [2.75, 3.05) is 26.5 Å². The van der Waals surface area contributed by atoms with Crippen molar-refractivity contribution in [2.24, 2.45) is 5.92 Å². The molecule has 1 aromatic carbocycles. The molecule has 0 aliphatic carbocycles. The molecular formula is C19H28N2O4S. The maximum absolute atomic E-state index is 12.7. The van der Waals surface area contributed by atoms with Crippen LogP contribution in [0.2, 0.25) is 0 Å². The summed E-state index contributed by atoms with van der Waals surface area (Å²) in [6.45, 7) is 6.55. The molecule has 7 heteroatoms. The Balaban J connectivity index is 2.38. The van der Waals surface area contributed by atoms with Crippen molar-refractivity contribution in [3.63, 3.8) is 0 Å². The van der Waals surface area contributed by atoms with E-state index < -0.39 is 6.04 Å². The van der Waals surface area contributed by atoms with Gasteiger partial charge in [-0.3, -0.25) is 9.59 Å². The molecule has 1 aliphatic rings. The largest absolute Gasteiger partial charge is 0.493 e. The number of nitrogens with zero attached hydrogens (tertiary/aromatic N) is 1. The molecule has 2 atom stereocenters. The van der Waals surface area contributed by atoms with E-state index in [2.05, 4.69) is 19.2 Å². The Labute approximate surface area is 159 Å². The van der Waals surface area contributed by atoms with E-state index in [1.165, 1.54) is 11.8 Å². The van der Waals surface area contributed by atoms with Crippen LogP contribution in [0, 0.1) is 5.92 Å². The van der Waals surface area contributed by atoms with E-state index in [-0.39, 0.29) is 17.2 Å². The second-order valence-corrected chi connectivity index (χ2v) is 7.69. The summed E-state index contributed by atoms with van der Waals surface area (Å²) >= 11 is 1.54. The summed E-state index contributed by atoms with van der Waals surface area (Å²) < 4.78 is 10.7. The van der Waals surface area contributed by atoms with Crippen LogP contribution in [0.5, 0.6) is 11.5 Å². The van der Waals surface area contributed by atoms with Gasteiger partial charge in [-0.1, -0.05) is 19.9 Å². The van der Waals surface area contributed by atoms with Gasteiger partial charge < -0.3 is 19.7 Å². The maximum atomic E-state index is 12.7. The first-order valence-corrected chi connectivity index (χ1v) is 9.90. The fourth-order valence-corrected chi connectivity index (χ4v) is 4.34. The van der Waals surface area contributed by atoms with E-state index in [1.807, 2.05) is 25.1 Å². The zero-order chi connectivity index (χ0) is 19.3. The monoisotopic (exact) mass is 380 g/mol. The van der Waals surface area contributed by atoms with Crippen molar-refractivity contribution < 1.29 is 19.1 Å². The van der Waals surface area contributed by atoms with Gasteiger partial charge in [0.15, 0.2) is 11.5 Å². The standard InChI is InChI=1S/C19H28N2O4S/c1-6-20-18(23)14(9-12(2)3)21-17(22)11-26-19(21)13-7-8-15(24-4)16(10-13)25-5/h7-8,10,12,14,19H,6,9,11H2,1-5H3,(H,20,23)/t14-,19-/m1/s1. The number of carbonyl (C=O) groups is 2. The Hall–Kier alpha value is -1.89. The van der Waals surface area contributed by atoms with E-state index in [1.54, 1.807) is 19.1 Å². The molecule has 1 saturated heterocycles. The summed E-state index contributed by atoms with van der Waals surface area (Å²) in [4.78, 5) is 27.0. The topological polar surface area (TPSA) is 67.9 Å². The van der Waals surface area contributed by atoms with Crippen LogP contribution >= 0.6 is 11.8 Å². The van der Waals surface area contributed by atoms with Gasteiger partial charge in [0.05, 0.1) is 20.0 Å². The maximum Gasteiger partial charge on any atom is 0.242 e. The summed E-state index contributed by atoms with van der Waals surface area (Å²) in [5, 5.41) is 2.66. The van der Waals surface area contributed by atoms with Gasteiger partial charge in [-0.05, 0) is 37.0 Å². The lowest BCUT2D eigenvalue weighted by Crippen LogP contribution is -2.49. The lowest BCUT2D eigenvalue weighted by atomic mass is 10.0. The summed E-state index contributed by atoms with van der Waals surface area (Å²) in [5.41, 5.74) is 0.927. The molecule has 0 aromatic heterocycles. The minimum atomic E-state index is -0.476. The molecule has 0 unspecified atom stereocenters. The van der Waals surface area contributed by atoms with Crippen LogP contribution in [-0.2, 0) is 9.59 Å². The molecule has 2 amide bonds. The molecule has 0 spiro atoms. The predicted octanol–water partition coefficient (Wildman–Crippen LogP) is 2.83. The van der Waals surface area contributed by atoms with Gasteiger partial charge in [0, 0.05) is 6.54 Å². The first-order chi connectivity index (χ1) is 12.4. The van der Waals surface area contributed by atoms with Crippen molar-refractivity contribution in [3.05, 3.63) is 23.8 Å². The number of benzene rings is 1. The van der Waals surface area contributed by atoms with Gasteiger partial charge >= 0.3 is 0 Å². The van der Waals surface area contributed by atoms with Crippen molar-refractivity contribution in [3.8, 4) is 11.5 Å². The summed E-state index contributed by atoms with van der Waals surface area (Å²) in [7, 11) is 3.17. The first kappa shape index (κ1) is 20.4. The molecule has 0 radical (unpaired) electrons. The van der Waals surface area contributed by atoms with Crippen LogP contribution in [0.4, 0.5) is 0 Å². The summed E-state index contributed by atoms with van der Waals surface area (Å²) in [5.74, 6) is 1.82. The second-order valence-electron chi connectivity index (χ2n) is 6.62. The number of methoxy groups -OCH3 is 2. The minimum Gasteiger partial charge on any atom is -0.493 e. The average molecular weight is 381 g/mol. The molecule has 1 N–H and O–H groups in total. The van der Waals surface area contributed by atoms with Crippen molar-refractivity contribution in [1.82, 2.24) is 10.2 Å². The van der Waals surface area contributed by atoms with E-state index in [9.17, 15) is 9.59 Å². The predicted molar refractivity (Wildman–Crippen MR) is 104 cm³/mol. The normalized spacial score (nSPS) is 18.2. The minimum absolute atomic E-state index is 0.00770. The Morgan fingerprint density at radius 2 is 2.00 bits per heavy atom. The van der Waals surface area contributed by atoms with E-state index in [0.29, 0.717) is 36.1 Å². The number of rotatable bonds is 8. The smallest absolute Gasteiger partial charge is 0.242 e. The van der Waals surface area contributed by atoms with Crippen LogP contribution in [0.3, 0.4) is 0 Å². The Bertz CT molecular complexity index is 650. The van der Waals surface area contributed by atoms with E-state index >= 15 is 0 Å². The number of carbonyl (C=O) groups excluding carboxylic acids is 2.